The van der Waals surface area contributed by atoms with Crippen LogP contribution >= 0.6 is 11.3 Å². The summed E-state index contributed by atoms with van der Waals surface area (Å²) in [4.78, 5) is 26.1. The molecule has 5 nitrogen and oxygen atoms in total. The van der Waals surface area contributed by atoms with E-state index in [-0.39, 0.29) is 11.3 Å². The Morgan fingerprint density at radius 3 is 2.94 bits per heavy atom. The van der Waals surface area contributed by atoms with E-state index in [0.717, 1.165) is 5.56 Å². The molecule has 2 heterocycles. The number of hydrogen-bond acceptors (Lipinski definition) is 4. The van der Waals surface area contributed by atoms with Gasteiger partial charge in [0, 0.05) is 17.6 Å². The van der Waals surface area contributed by atoms with Crippen molar-refractivity contribution in [1.82, 2.24) is 9.55 Å². The van der Waals surface area contributed by atoms with Crippen LogP contribution in [-0.2, 0) is 6.54 Å². The van der Waals surface area contributed by atoms with Crippen molar-refractivity contribution in [2.45, 2.75) is 13.5 Å². The molecule has 0 aromatic carbocycles. The summed E-state index contributed by atoms with van der Waals surface area (Å²) in [6, 6.07) is 3.23. The van der Waals surface area contributed by atoms with Gasteiger partial charge in [-0.25, -0.2) is 9.78 Å². The summed E-state index contributed by atoms with van der Waals surface area (Å²) in [5, 5.41) is 10.8. The highest BCUT2D eigenvalue weighted by Gasteiger charge is 2.09. The molecule has 6 heteroatoms. The second kappa shape index (κ2) is 4.50. The van der Waals surface area contributed by atoms with E-state index in [0.29, 0.717) is 11.6 Å². The van der Waals surface area contributed by atoms with Gasteiger partial charge in [0.2, 0.25) is 0 Å². The van der Waals surface area contributed by atoms with Crippen molar-refractivity contribution in [1.29, 1.82) is 0 Å². The number of rotatable bonds is 3. The second-order valence-electron chi connectivity index (χ2n) is 3.60. The van der Waals surface area contributed by atoms with Gasteiger partial charge in [0.05, 0.1) is 6.54 Å². The molecule has 0 radical (unpaired) electrons. The van der Waals surface area contributed by atoms with Crippen molar-refractivity contribution in [2.24, 2.45) is 0 Å². The topological polar surface area (TPSA) is 72.2 Å². The first-order chi connectivity index (χ1) is 8.06. The van der Waals surface area contributed by atoms with Crippen molar-refractivity contribution in [3.8, 4) is 0 Å². The Bertz CT molecular complexity index is 615. The third-order valence-corrected chi connectivity index (χ3v) is 3.04. The van der Waals surface area contributed by atoms with E-state index in [1.165, 1.54) is 27.4 Å². The Morgan fingerprint density at radius 2 is 2.29 bits per heavy atom. The Morgan fingerprint density at radius 1 is 1.53 bits per heavy atom. The van der Waals surface area contributed by atoms with Crippen molar-refractivity contribution in [3.63, 3.8) is 0 Å². The molecule has 88 valence electrons. The molecule has 17 heavy (non-hydrogen) atoms. The number of aromatic nitrogens is 2. The summed E-state index contributed by atoms with van der Waals surface area (Å²) in [6.07, 6.45) is 1.73. The van der Waals surface area contributed by atoms with Crippen LogP contribution in [0.5, 0.6) is 0 Å². The van der Waals surface area contributed by atoms with Gasteiger partial charge in [-0.05, 0) is 12.5 Å². The lowest BCUT2D eigenvalue weighted by Crippen LogP contribution is -2.19. The molecule has 0 atom stereocenters. The lowest BCUT2D eigenvalue weighted by Gasteiger charge is -2.03. The first-order valence-electron chi connectivity index (χ1n) is 4.91. The fraction of sp³-hybridized carbons (Fsp3) is 0.182. The summed E-state index contributed by atoms with van der Waals surface area (Å²) < 4.78 is 1.51. The molecule has 0 aliphatic rings. The summed E-state index contributed by atoms with van der Waals surface area (Å²) in [5.41, 5.74) is 0.869. The maximum atomic E-state index is 11.5. The number of hydrogen-bond donors (Lipinski definition) is 1. The Kier molecular flexibility index (Phi) is 3.06. The van der Waals surface area contributed by atoms with Gasteiger partial charge in [-0.15, -0.1) is 11.3 Å². The molecule has 0 aliphatic heterocycles. The van der Waals surface area contributed by atoms with Crippen molar-refractivity contribution in [3.05, 3.63) is 50.3 Å². The predicted octanol–water partition coefficient (Wildman–Crippen LogP) is 1.36. The van der Waals surface area contributed by atoms with Gasteiger partial charge in [-0.1, -0.05) is 6.07 Å². The highest BCUT2D eigenvalue weighted by Crippen LogP contribution is 2.10. The molecule has 0 bridgehead atoms. The molecular weight excluding hydrogens is 240 g/mol. The molecule has 1 N–H and O–H groups in total. The third kappa shape index (κ3) is 2.59. The monoisotopic (exact) mass is 250 g/mol. The minimum absolute atomic E-state index is 0.0192. The average molecular weight is 250 g/mol. The van der Waals surface area contributed by atoms with Crippen molar-refractivity contribution < 1.29 is 9.90 Å². The zero-order valence-corrected chi connectivity index (χ0v) is 9.90. The number of nitrogens with zero attached hydrogens (tertiary/aromatic N) is 2. The van der Waals surface area contributed by atoms with Gasteiger partial charge >= 0.3 is 5.97 Å². The zero-order valence-electron chi connectivity index (χ0n) is 9.08. The molecule has 0 spiro atoms. The third-order valence-electron chi connectivity index (χ3n) is 2.21. The number of thiazole rings is 1. The van der Waals surface area contributed by atoms with Crippen LogP contribution in [-0.4, -0.2) is 20.6 Å². The van der Waals surface area contributed by atoms with Crippen molar-refractivity contribution in [2.75, 3.05) is 0 Å². The smallest absolute Gasteiger partial charge is 0.355 e. The standard InChI is InChI=1S/C11H10N2O3S/c1-7-2-3-10(14)13(4-7)5-9-12-8(6-17-9)11(15)16/h2-4,6H,5H2,1H3,(H,15,16). The van der Waals surface area contributed by atoms with Crippen LogP contribution in [0.1, 0.15) is 21.1 Å². The molecule has 0 unspecified atom stereocenters. The van der Waals surface area contributed by atoms with Crippen LogP contribution in [0.3, 0.4) is 0 Å². The quantitative estimate of drug-likeness (QED) is 0.892. The highest BCUT2D eigenvalue weighted by atomic mass is 32.1. The van der Waals surface area contributed by atoms with Crippen molar-refractivity contribution >= 4 is 17.3 Å². The van der Waals surface area contributed by atoms with Gasteiger partial charge < -0.3 is 9.67 Å². The fourth-order valence-electron chi connectivity index (χ4n) is 1.40. The van der Waals surface area contributed by atoms with E-state index >= 15 is 0 Å². The predicted molar refractivity (Wildman–Crippen MR) is 63.6 cm³/mol. The second-order valence-corrected chi connectivity index (χ2v) is 4.55. The van der Waals surface area contributed by atoms with Gasteiger partial charge in [0.25, 0.3) is 5.56 Å². The van der Waals surface area contributed by atoms with E-state index in [9.17, 15) is 9.59 Å². The van der Waals surface area contributed by atoms with E-state index in [1.807, 2.05) is 6.92 Å². The first-order valence-corrected chi connectivity index (χ1v) is 5.79. The van der Waals surface area contributed by atoms with E-state index < -0.39 is 5.97 Å². The molecule has 0 amide bonds. The largest absolute Gasteiger partial charge is 0.476 e. The minimum Gasteiger partial charge on any atom is -0.476 e. The fourth-order valence-corrected chi connectivity index (χ4v) is 2.17. The SMILES string of the molecule is Cc1ccc(=O)n(Cc2nc(C(=O)O)cs2)c1. The van der Waals surface area contributed by atoms with Crippen LogP contribution < -0.4 is 5.56 Å². The number of carboxylic acids is 1. The maximum Gasteiger partial charge on any atom is 0.355 e. The van der Waals surface area contributed by atoms with Crippen LogP contribution in [0.4, 0.5) is 0 Å². The summed E-state index contributed by atoms with van der Waals surface area (Å²) >= 11 is 1.24. The normalized spacial score (nSPS) is 10.4. The van der Waals surface area contributed by atoms with E-state index in [2.05, 4.69) is 4.98 Å². The Hall–Kier alpha value is -1.95. The van der Waals surface area contributed by atoms with Crippen LogP contribution in [0.25, 0.3) is 0 Å². The maximum absolute atomic E-state index is 11.5. The Labute approximate surface area is 101 Å². The number of carboxylic acid groups (broad SMARTS) is 1. The average Bonchev–Trinajstić information content (AvgIpc) is 2.72. The molecular formula is C11H10N2O3S. The summed E-state index contributed by atoms with van der Waals surface area (Å²) in [5.74, 6) is -1.05. The molecule has 2 rings (SSSR count). The number of pyridine rings is 1. The number of carbonyl (C=O) groups is 1. The molecule has 2 aromatic rings. The van der Waals surface area contributed by atoms with Crippen LogP contribution in [0, 0.1) is 6.92 Å². The van der Waals surface area contributed by atoms with Gasteiger partial charge in [0.1, 0.15) is 5.01 Å². The lowest BCUT2D eigenvalue weighted by atomic mass is 10.3. The van der Waals surface area contributed by atoms with Gasteiger partial charge in [-0.2, -0.15) is 0 Å². The van der Waals surface area contributed by atoms with Crippen LogP contribution in [0.2, 0.25) is 0 Å². The number of aromatic carboxylic acids is 1. The summed E-state index contributed by atoms with van der Waals surface area (Å²) in [7, 11) is 0. The summed E-state index contributed by atoms with van der Waals surface area (Å²) in [6.45, 7) is 2.19. The van der Waals surface area contributed by atoms with Gasteiger partial charge in [-0.3, -0.25) is 4.79 Å². The van der Waals surface area contributed by atoms with E-state index in [1.54, 1.807) is 12.3 Å². The Balaban J connectivity index is 2.28. The molecule has 0 aliphatic carbocycles. The molecule has 0 saturated carbocycles. The number of aryl methyl sites for hydroxylation is 1. The highest BCUT2D eigenvalue weighted by molar-refractivity contribution is 7.09. The minimum atomic E-state index is -1.05. The first kappa shape index (κ1) is 11.5. The van der Waals surface area contributed by atoms with Crippen LogP contribution in [0.15, 0.2) is 28.5 Å². The molecule has 0 fully saturated rings. The zero-order chi connectivity index (χ0) is 12.4. The van der Waals surface area contributed by atoms with E-state index in [4.69, 9.17) is 5.11 Å². The lowest BCUT2D eigenvalue weighted by molar-refractivity contribution is 0.0691. The van der Waals surface area contributed by atoms with Gasteiger partial charge in [0.15, 0.2) is 5.69 Å². The molecule has 2 aromatic heterocycles. The molecule has 0 saturated heterocycles.